The van der Waals surface area contributed by atoms with E-state index in [0.29, 0.717) is 24.3 Å². The van der Waals surface area contributed by atoms with E-state index in [2.05, 4.69) is 10.2 Å². The third-order valence-electron chi connectivity index (χ3n) is 4.93. The summed E-state index contributed by atoms with van der Waals surface area (Å²) in [4.78, 5) is 26.5. The first-order valence-corrected chi connectivity index (χ1v) is 9.46. The average molecular weight is 366 g/mol. The van der Waals surface area contributed by atoms with Crippen LogP contribution in [0, 0.1) is 5.92 Å². The number of para-hydroxylation sites is 1. The second-order valence-corrected chi connectivity index (χ2v) is 6.87. The van der Waals surface area contributed by atoms with E-state index in [0.717, 1.165) is 31.7 Å². The molecule has 1 fully saturated rings. The van der Waals surface area contributed by atoms with Gasteiger partial charge in [0.15, 0.2) is 5.78 Å². The number of amides is 1. The molecule has 27 heavy (non-hydrogen) atoms. The van der Waals surface area contributed by atoms with E-state index in [1.165, 1.54) is 0 Å². The Hall–Kier alpha value is -2.66. The molecule has 2 aromatic carbocycles. The molecule has 0 aliphatic carbocycles. The molecule has 2 aromatic rings. The van der Waals surface area contributed by atoms with E-state index in [1.807, 2.05) is 54.6 Å². The largest absolute Gasteiger partial charge is 0.457 e. The van der Waals surface area contributed by atoms with Gasteiger partial charge in [-0.05, 0) is 55.8 Å². The third-order valence-corrected chi connectivity index (χ3v) is 4.93. The molecule has 0 spiro atoms. The van der Waals surface area contributed by atoms with Crippen LogP contribution in [0.25, 0.3) is 0 Å². The Balaban J connectivity index is 1.57. The lowest BCUT2D eigenvalue weighted by Gasteiger charge is -2.31. The van der Waals surface area contributed by atoms with Gasteiger partial charge in [0.25, 0.3) is 0 Å². The monoisotopic (exact) mass is 366 g/mol. The van der Waals surface area contributed by atoms with Crippen LogP contribution >= 0.6 is 0 Å². The second-order valence-electron chi connectivity index (χ2n) is 6.87. The van der Waals surface area contributed by atoms with Crippen LogP contribution in [0.1, 0.15) is 29.6 Å². The lowest BCUT2D eigenvalue weighted by Crippen LogP contribution is -2.40. The molecule has 1 N–H and O–H groups in total. The van der Waals surface area contributed by atoms with Gasteiger partial charge in [-0.1, -0.05) is 18.2 Å². The molecule has 1 saturated heterocycles. The number of piperidine rings is 1. The van der Waals surface area contributed by atoms with Crippen molar-refractivity contribution in [1.82, 2.24) is 10.2 Å². The highest BCUT2D eigenvalue weighted by Crippen LogP contribution is 2.24. The number of hydrogen-bond donors (Lipinski definition) is 1. The van der Waals surface area contributed by atoms with Crippen LogP contribution in [-0.4, -0.2) is 43.3 Å². The zero-order valence-electron chi connectivity index (χ0n) is 15.7. The normalized spacial score (nSPS) is 17.3. The number of ether oxygens (including phenoxy) is 1. The van der Waals surface area contributed by atoms with Crippen molar-refractivity contribution in [3.05, 3.63) is 60.2 Å². The predicted molar refractivity (Wildman–Crippen MR) is 105 cm³/mol. The Morgan fingerprint density at radius 3 is 2.48 bits per heavy atom. The molecular formula is C22H26N2O3. The second kappa shape index (κ2) is 9.33. The van der Waals surface area contributed by atoms with Crippen LogP contribution in [0.5, 0.6) is 11.5 Å². The van der Waals surface area contributed by atoms with Gasteiger partial charge in [-0.3, -0.25) is 9.59 Å². The van der Waals surface area contributed by atoms with Crippen LogP contribution in [0.4, 0.5) is 0 Å². The first-order chi connectivity index (χ1) is 13.2. The number of carbonyl (C=O) groups excluding carboxylic acids is 2. The van der Waals surface area contributed by atoms with E-state index in [1.54, 1.807) is 7.05 Å². The lowest BCUT2D eigenvalue weighted by atomic mass is 9.90. The van der Waals surface area contributed by atoms with E-state index in [-0.39, 0.29) is 17.6 Å². The number of rotatable bonds is 7. The van der Waals surface area contributed by atoms with Gasteiger partial charge in [-0.2, -0.15) is 0 Å². The van der Waals surface area contributed by atoms with Crippen molar-refractivity contribution in [3.63, 3.8) is 0 Å². The fourth-order valence-corrected chi connectivity index (χ4v) is 3.40. The van der Waals surface area contributed by atoms with Gasteiger partial charge in [-0.15, -0.1) is 0 Å². The van der Waals surface area contributed by atoms with Gasteiger partial charge < -0.3 is 15.0 Å². The van der Waals surface area contributed by atoms with Crippen LogP contribution in [0.2, 0.25) is 0 Å². The Labute approximate surface area is 160 Å². The maximum absolute atomic E-state index is 12.9. The Morgan fingerprint density at radius 1 is 1.07 bits per heavy atom. The molecule has 1 aliphatic rings. The van der Waals surface area contributed by atoms with E-state index >= 15 is 0 Å². The maximum Gasteiger partial charge on any atom is 0.221 e. The molecule has 1 aliphatic heterocycles. The lowest BCUT2D eigenvalue weighted by molar-refractivity contribution is -0.121. The minimum Gasteiger partial charge on any atom is -0.457 e. The molecule has 0 aromatic heterocycles. The van der Waals surface area contributed by atoms with Gasteiger partial charge in [-0.25, -0.2) is 0 Å². The van der Waals surface area contributed by atoms with Crippen LogP contribution in [0.15, 0.2) is 54.6 Å². The summed E-state index contributed by atoms with van der Waals surface area (Å²) in [5, 5.41) is 2.64. The number of benzene rings is 2. The summed E-state index contributed by atoms with van der Waals surface area (Å²) in [6.07, 6.45) is 2.36. The molecule has 0 unspecified atom stereocenters. The fourth-order valence-electron chi connectivity index (χ4n) is 3.40. The molecule has 1 amide bonds. The SMILES string of the molecule is CNC(=O)CCN1CCC[C@@H](C(=O)c2ccc(Oc3ccccc3)cc2)C1. The fraction of sp³-hybridized carbons (Fsp3) is 0.364. The van der Waals surface area contributed by atoms with Crippen molar-refractivity contribution in [1.29, 1.82) is 0 Å². The van der Waals surface area contributed by atoms with E-state index < -0.39 is 0 Å². The molecule has 142 valence electrons. The number of hydrogen-bond acceptors (Lipinski definition) is 4. The van der Waals surface area contributed by atoms with Gasteiger partial charge in [0.2, 0.25) is 5.91 Å². The van der Waals surface area contributed by atoms with Gasteiger partial charge in [0.05, 0.1) is 0 Å². The molecule has 1 atom stereocenters. The summed E-state index contributed by atoms with van der Waals surface area (Å²) in [5.74, 6) is 1.69. The Morgan fingerprint density at radius 2 is 1.78 bits per heavy atom. The molecule has 5 heteroatoms. The third kappa shape index (κ3) is 5.41. The number of nitrogens with one attached hydrogen (secondary N) is 1. The van der Waals surface area contributed by atoms with Crippen molar-refractivity contribution in [2.24, 2.45) is 5.92 Å². The summed E-state index contributed by atoms with van der Waals surface area (Å²) in [7, 11) is 1.65. The summed E-state index contributed by atoms with van der Waals surface area (Å²) in [6, 6.07) is 16.9. The van der Waals surface area contributed by atoms with Gasteiger partial charge in [0, 0.05) is 38.0 Å². The van der Waals surface area contributed by atoms with Crippen molar-refractivity contribution in [3.8, 4) is 11.5 Å². The summed E-state index contributed by atoms with van der Waals surface area (Å²) < 4.78 is 5.78. The molecule has 1 heterocycles. The molecule has 0 bridgehead atoms. The number of Topliss-reactive ketones (excluding diaryl/α,β-unsaturated/α-hetero) is 1. The number of ketones is 1. The summed E-state index contributed by atoms with van der Waals surface area (Å²) >= 11 is 0. The van der Waals surface area contributed by atoms with Crippen LogP contribution in [-0.2, 0) is 4.79 Å². The maximum atomic E-state index is 12.9. The topological polar surface area (TPSA) is 58.6 Å². The summed E-state index contributed by atoms with van der Waals surface area (Å²) in [5.41, 5.74) is 0.716. The van der Waals surface area contributed by atoms with Crippen molar-refractivity contribution in [2.75, 3.05) is 26.7 Å². The number of likely N-dealkylation sites (tertiary alicyclic amines) is 1. The van der Waals surface area contributed by atoms with Crippen molar-refractivity contribution in [2.45, 2.75) is 19.3 Å². The van der Waals surface area contributed by atoms with Crippen LogP contribution in [0.3, 0.4) is 0 Å². The van der Waals surface area contributed by atoms with Crippen LogP contribution < -0.4 is 10.1 Å². The standard InChI is InChI=1S/C22H26N2O3/c1-23-21(25)13-15-24-14-5-6-18(16-24)22(26)17-9-11-20(12-10-17)27-19-7-3-2-4-8-19/h2-4,7-12,18H,5-6,13-16H2,1H3,(H,23,25)/t18-/m1/s1. The van der Waals surface area contributed by atoms with Gasteiger partial charge >= 0.3 is 0 Å². The Bertz CT molecular complexity index is 759. The van der Waals surface area contributed by atoms with E-state index in [9.17, 15) is 9.59 Å². The van der Waals surface area contributed by atoms with Crippen molar-refractivity contribution >= 4 is 11.7 Å². The molecule has 0 radical (unpaired) electrons. The number of carbonyl (C=O) groups is 2. The highest BCUT2D eigenvalue weighted by atomic mass is 16.5. The first-order valence-electron chi connectivity index (χ1n) is 9.46. The average Bonchev–Trinajstić information content (AvgIpc) is 2.73. The van der Waals surface area contributed by atoms with Crippen molar-refractivity contribution < 1.29 is 14.3 Å². The minimum atomic E-state index is -0.00988. The highest BCUT2D eigenvalue weighted by Gasteiger charge is 2.26. The zero-order valence-corrected chi connectivity index (χ0v) is 15.7. The van der Waals surface area contributed by atoms with Gasteiger partial charge in [0.1, 0.15) is 11.5 Å². The Kier molecular flexibility index (Phi) is 6.60. The first kappa shape index (κ1) is 19.1. The molecule has 5 nitrogen and oxygen atoms in total. The smallest absolute Gasteiger partial charge is 0.221 e. The minimum absolute atomic E-state index is 0.00988. The predicted octanol–water partition coefficient (Wildman–Crippen LogP) is 3.51. The zero-order chi connectivity index (χ0) is 19.1. The molecule has 0 saturated carbocycles. The highest BCUT2D eigenvalue weighted by molar-refractivity contribution is 5.98. The quantitative estimate of drug-likeness (QED) is 0.762. The van der Waals surface area contributed by atoms with E-state index in [4.69, 9.17) is 4.74 Å². The summed E-state index contributed by atoms with van der Waals surface area (Å²) in [6.45, 7) is 2.37. The molecular weight excluding hydrogens is 340 g/mol. The number of nitrogens with zero attached hydrogens (tertiary/aromatic N) is 1. The molecule has 3 rings (SSSR count).